The van der Waals surface area contributed by atoms with Crippen molar-refractivity contribution in [1.82, 2.24) is 14.9 Å². The number of aromatic nitrogens is 2. The van der Waals surface area contributed by atoms with E-state index in [1.54, 1.807) is 6.07 Å². The number of para-hydroxylation sites is 3. The van der Waals surface area contributed by atoms with Gasteiger partial charge in [-0.2, -0.15) is 0 Å². The van der Waals surface area contributed by atoms with Crippen LogP contribution in [0.4, 0.5) is 0 Å². The van der Waals surface area contributed by atoms with Gasteiger partial charge < -0.3 is 14.6 Å². The van der Waals surface area contributed by atoms with E-state index in [0.717, 1.165) is 35.4 Å². The predicted octanol–water partition coefficient (Wildman–Crippen LogP) is 5.71. The number of hydrogen-bond acceptors (Lipinski definition) is 3. The molecule has 5 nitrogen and oxygen atoms in total. The van der Waals surface area contributed by atoms with E-state index >= 15 is 0 Å². The molecule has 1 N–H and O–H groups in total. The first kappa shape index (κ1) is 23.1. The molecule has 170 valence electrons. The first-order valence-electron chi connectivity index (χ1n) is 10.9. The molecule has 1 aromatic heterocycles. The number of imidazole rings is 1. The lowest BCUT2D eigenvalue weighted by Gasteiger charge is -2.12. The molecule has 0 atom stereocenters. The van der Waals surface area contributed by atoms with E-state index < -0.39 is 0 Å². The van der Waals surface area contributed by atoms with Gasteiger partial charge >= 0.3 is 0 Å². The molecule has 0 spiro atoms. The normalized spacial score (nSPS) is 11.0. The highest BCUT2D eigenvalue weighted by Gasteiger charge is 2.12. The van der Waals surface area contributed by atoms with E-state index in [1.165, 1.54) is 0 Å². The third-order valence-electron chi connectivity index (χ3n) is 5.33. The van der Waals surface area contributed by atoms with Crippen molar-refractivity contribution in [2.24, 2.45) is 0 Å². The summed E-state index contributed by atoms with van der Waals surface area (Å²) >= 11 is 12.3. The zero-order valence-electron chi connectivity index (χ0n) is 18.1. The number of benzene rings is 3. The van der Waals surface area contributed by atoms with Crippen LogP contribution in [0.3, 0.4) is 0 Å². The molecule has 0 aliphatic heterocycles. The molecular formula is C26H25Cl2N3O2. The van der Waals surface area contributed by atoms with Crippen LogP contribution < -0.4 is 10.1 Å². The third kappa shape index (κ3) is 6.06. The van der Waals surface area contributed by atoms with E-state index in [1.807, 2.05) is 60.7 Å². The maximum Gasteiger partial charge on any atom is 0.224 e. The van der Waals surface area contributed by atoms with Gasteiger partial charge in [0.1, 0.15) is 11.6 Å². The van der Waals surface area contributed by atoms with Gasteiger partial charge in [-0.05, 0) is 42.3 Å². The lowest BCUT2D eigenvalue weighted by atomic mass is 10.1. The summed E-state index contributed by atoms with van der Waals surface area (Å²) in [7, 11) is 0. The molecule has 0 radical (unpaired) electrons. The standard InChI is InChI=1S/C26H25Cl2N3O2/c27-20-9-2-1-8-19(20)18-26(32)29-15-14-25-30-22-11-4-5-12-23(22)31(25)16-7-17-33-24-13-6-3-10-21(24)28/h1-6,8-13H,7,14-18H2,(H,29,32). The van der Waals surface area contributed by atoms with Crippen LogP contribution in [-0.4, -0.2) is 28.6 Å². The summed E-state index contributed by atoms with van der Waals surface area (Å²) in [5.74, 6) is 1.57. The van der Waals surface area contributed by atoms with E-state index in [4.69, 9.17) is 32.9 Å². The SMILES string of the molecule is O=C(Cc1ccccc1Cl)NCCc1nc2ccccc2n1CCCOc1ccccc1Cl. The molecule has 1 heterocycles. The summed E-state index contributed by atoms with van der Waals surface area (Å²) in [6, 6.07) is 22.9. The molecule has 0 saturated carbocycles. The van der Waals surface area contributed by atoms with Crippen molar-refractivity contribution in [3.05, 3.63) is 94.2 Å². The number of nitrogens with zero attached hydrogens (tertiary/aromatic N) is 2. The highest BCUT2D eigenvalue weighted by molar-refractivity contribution is 6.32. The summed E-state index contributed by atoms with van der Waals surface area (Å²) < 4.78 is 8.03. The highest BCUT2D eigenvalue weighted by atomic mass is 35.5. The maximum absolute atomic E-state index is 12.4. The summed E-state index contributed by atoms with van der Waals surface area (Å²) in [6.45, 7) is 1.81. The van der Waals surface area contributed by atoms with Gasteiger partial charge in [0, 0.05) is 24.5 Å². The summed E-state index contributed by atoms with van der Waals surface area (Å²) in [6.07, 6.45) is 1.70. The van der Waals surface area contributed by atoms with Crippen LogP contribution in [0.15, 0.2) is 72.8 Å². The molecular weight excluding hydrogens is 457 g/mol. The molecule has 3 aromatic carbocycles. The van der Waals surface area contributed by atoms with Gasteiger partial charge in [0.2, 0.25) is 5.91 Å². The quantitative estimate of drug-likeness (QED) is 0.295. The molecule has 0 bridgehead atoms. The predicted molar refractivity (Wildman–Crippen MR) is 133 cm³/mol. The van der Waals surface area contributed by atoms with Crippen molar-refractivity contribution < 1.29 is 9.53 Å². The van der Waals surface area contributed by atoms with Gasteiger partial charge in [0.25, 0.3) is 0 Å². The molecule has 0 aliphatic carbocycles. The molecule has 1 amide bonds. The van der Waals surface area contributed by atoms with Crippen molar-refractivity contribution in [2.75, 3.05) is 13.2 Å². The number of rotatable bonds is 10. The summed E-state index contributed by atoms with van der Waals surface area (Å²) in [5, 5.41) is 4.20. The molecule has 4 rings (SSSR count). The number of hydrogen-bond donors (Lipinski definition) is 1. The number of nitrogens with one attached hydrogen (secondary N) is 1. The zero-order chi connectivity index (χ0) is 23.0. The lowest BCUT2D eigenvalue weighted by molar-refractivity contribution is -0.120. The zero-order valence-corrected chi connectivity index (χ0v) is 19.6. The second-order valence-electron chi connectivity index (χ2n) is 7.67. The largest absolute Gasteiger partial charge is 0.492 e. The van der Waals surface area contributed by atoms with Crippen LogP contribution >= 0.6 is 23.2 Å². The summed E-state index contributed by atoms with van der Waals surface area (Å²) in [4.78, 5) is 17.1. The second kappa shape index (κ2) is 11.2. The van der Waals surface area contributed by atoms with Gasteiger partial charge in [-0.15, -0.1) is 0 Å². The van der Waals surface area contributed by atoms with Gasteiger partial charge in [-0.1, -0.05) is 65.7 Å². The van der Waals surface area contributed by atoms with Crippen molar-refractivity contribution in [3.8, 4) is 5.75 Å². The second-order valence-corrected chi connectivity index (χ2v) is 8.48. The Bertz CT molecular complexity index is 1240. The van der Waals surface area contributed by atoms with Gasteiger partial charge in [-0.3, -0.25) is 4.79 Å². The van der Waals surface area contributed by atoms with Gasteiger partial charge in [0.05, 0.1) is 29.1 Å². The van der Waals surface area contributed by atoms with Crippen molar-refractivity contribution >= 4 is 40.1 Å². The minimum Gasteiger partial charge on any atom is -0.492 e. The molecule has 33 heavy (non-hydrogen) atoms. The molecule has 0 aliphatic rings. The van der Waals surface area contributed by atoms with Crippen molar-refractivity contribution in [2.45, 2.75) is 25.8 Å². The van der Waals surface area contributed by atoms with Crippen LogP contribution in [0.2, 0.25) is 10.0 Å². The van der Waals surface area contributed by atoms with E-state index in [2.05, 4.69) is 16.0 Å². The Morgan fingerprint density at radius 1 is 0.939 bits per heavy atom. The Morgan fingerprint density at radius 3 is 2.48 bits per heavy atom. The summed E-state index contributed by atoms with van der Waals surface area (Å²) in [5.41, 5.74) is 2.84. The van der Waals surface area contributed by atoms with Crippen molar-refractivity contribution in [3.63, 3.8) is 0 Å². The first-order valence-corrected chi connectivity index (χ1v) is 11.7. The number of carbonyl (C=O) groups excluding carboxylic acids is 1. The van der Waals surface area contributed by atoms with Crippen LogP contribution in [0.1, 0.15) is 17.8 Å². The number of fused-ring (bicyclic) bond motifs is 1. The number of aryl methyl sites for hydroxylation is 1. The Hall–Kier alpha value is -3.02. The monoisotopic (exact) mass is 481 g/mol. The number of amides is 1. The van der Waals surface area contributed by atoms with Gasteiger partial charge in [-0.25, -0.2) is 4.98 Å². The third-order valence-corrected chi connectivity index (χ3v) is 6.01. The first-order chi connectivity index (χ1) is 16.1. The fraction of sp³-hybridized carbons (Fsp3) is 0.231. The molecule has 7 heteroatoms. The fourth-order valence-electron chi connectivity index (χ4n) is 3.72. The number of ether oxygens (including phenoxy) is 1. The van der Waals surface area contributed by atoms with Crippen LogP contribution in [-0.2, 0) is 24.2 Å². The fourth-order valence-corrected chi connectivity index (χ4v) is 4.12. The minimum atomic E-state index is -0.0566. The Labute approximate surface area is 203 Å². The van der Waals surface area contributed by atoms with E-state index in [-0.39, 0.29) is 12.3 Å². The topological polar surface area (TPSA) is 56.2 Å². The van der Waals surface area contributed by atoms with Crippen molar-refractivity contribution in [1.29, 1.82) is 0 Å². The number of halogens is 2. The Balaban J connectivity index is 1.35. The smallest absolute Gasteiger partial charge is 0.224 e. The molecule has 0 saturated heterocycles. The van der Waals surface area contributed by atoms with E-state index in [0.29, 0.717) is 35.4 Å². The average molecular weight is 482 g/mol. The molecule has 0 unspecified atom stereocenters. The molecule has 4 aromatic rings. The highest BCUT2D eigenvalue weighted by Crippen LogP contribution is 2.23. The maximum atomic E-state index is 12.4. The van der Waals surface area contributed by atoms with Gasteiger partial charge in [0.15, 0.2) is 0 Å². The lowest BCUT2D eigenvalue weighted by Crippen LogP contribution is -2.28. The van der Waals surface area contributed by atoms with Crippen LogP contribution in [0.5, 0.6) is 5.75 Å². The minimum absolute atomic E-state index is 0.0566. The van der Waals surface area contributed by atoms with Crippen LogP contribution in [0.25, 0.3) is 11.0 Å². The Morgan fingerprint density at radius 2 is 1.67 bits per heavy atom. The molecule has 0 fully saturated rings. The average Bonchev–Trinajstić information content (AvgIpc) is 3.16. The number of carbonyl (C=O) groups is 1. The van der Waals surface area contributed by atoms with Crippen LogP contribution in [0, 0.1) is 0 Å². The Kier molecular flexibility index (Phi) is 7.87. The van der Waals surface area contributed by atoms with E-state index in [9.17, 15) is 4.79 Å².